The standard InChI is InChI=1S/C10H18/c1-6-8(3)10(5)9(4)7-2/h6H,7H2,1-5H3/b8-6+,10-9+. The molecule has 0 atom stereocenters. The van der Waals surface area contributed by atoms with Crippen LogP contribution in [0.25, 0.3) is 0 Å². The minimum atomic E-state index is 1.16. The second-order valence-electron chi connectivity index (χ2n) is 2.73. The van der Waals surface area contributed by atoms with Crippen molar-refractivity contribution in [3.05, 3.63) is 22.8 Å². The predicted octanol–water partition coefficient (Wildman–Crippen LogP) is 3.70. The number of hydrogen-bond acceptors (Lipinski definition) is 0. The van der Waals surface area contributed by atoms with E-state index in [1.54, 1.807) is 0 Å². The molecule has 0 fully saturated rings. The minimum absolute atomic E-state index is 1.16. The van der Waals surface area contributed by atoms with E-state index < -0.39 is 0 Å². The van der Waals surface area contributed by atoms with Gasteiger partial charge in [-0.1, -0.05) is 24.1 Å². The van der Waals surface area contributed by atoms with E-state index in [4.69, 9.17) is 0 Å². The zero-order valence-electron chi connectivity index (χ0n) is 7.78. The van der Waals surface area contributed by atoms with Gasteiger partial charge in [-0.3, -0.25) is 0 Å². The van der Waals surface area contributed by atoms with Gasteiger partial charge in [0, 0.05) is 0 Å². The molecule has 0 aliphatic rings. The van der Waals surface area contributed by atoms with E-state index >= 15 is 0 Å². The summed E-state index contributed by atoms with van der Waals surface area (Å²) < 4.78 is 0. The molecule has 0 saturated carbocycles. The highest BCUT2D eigenvalue weighted by Gasteiger charge is 1.94. The summed E-state index contributed by atoms with van der Waals surface area (Å²) in [5, 5.41) is 0. The Bertz CT molecular complexity index is 159. The fourth-order valence-electron chi connectivity index (χ4n) is 0.818. The maximum absolute atomic E-state index is 2.20. The van der Waals surface area contributed by atoms with E-state index in [-0.39, 0.29) is 0 Å². The van der Waals surface area contributed by atoms with Gasteiger partial charge in [0.1, 0.15) is 0 Å². The zero-order chi connectivity index (χ0) is 8.15. The Balaban J connectivity index is 4.46. The van der Waals surface area contributed by atoms with Crippen molar-refractivity contribution in [1.82, 2.24) is 0 Å². The molecular formula is C10H18. The molecule has 0 aliphatic heterocycles. The van der Waals surface area contributed by atoms with Crippen LogP contribution in [-0.4, -0.2) is 0 Å². The molecule has 0 aromatic heterocycles. The summed E-state index contributed by atoms with van der Waals surface area (Å²) in [7, 11) is 0. The molecular weight excluding hydrogens is 120 g/mol. The number of allylic oxidation sites excluding steroid dienone is 4. The first kappa shape index (κ1) is 9.48. The lowest BCUT2D eigenvalue weighted by atomic mass is 10.0. The van der Waals surface area contributed by atoms with Crippen LogP contribution in [0.1, 0.15) is 41.0 Å². The molecule has 0 bridgehead atoms. The Labute approximate surface area is 64.6 Å². The summed E-state index contributed by atoms with van der Waals surface area (Å²) >= 11 is 0. The molecule has 0 amide bonds. The minimum Gasteiger partial charge on any atom is -0.0845 e. The second-order valence-corrected chi connectivity index (χ2v) is 2.73. The second kappa shape index (κ2) is 4.32. The zero-order valence-corrected chi connectivity index (χ0v) is 7.78. The molecule has 0 rings (SSSR count). The van der Waals surface area contributed by atoms with E-state index in [9.17, 15) is 0 Å². The van der Waals surface area contributed by atoms with Crippen LogP contribution in [0, 0.1) is 0 Å². The molecule has 58 valence electrons. The van der Waals surface area contributed by atoms with Crippen molar-refractivity contribution in [2.75, 3.05) is 0 Å². The third-order valence-electron chi connectivity index (χ3n) is 2.20. The monoisotopic (exact) mass is 138 g/mol. The van der Waals surface area contributed by atoms with E-state index in [0.717, 1.165) is 6.42 Å². The highest BCUT2D eigenvalue weighted by atomic mass is 14.0. The first-order valence-corrected chi connectivity index (χ1v) is 3.93. The Morgan fingerprint density at radius 3 is 2.00 bits per heavy atom. The van der Waals surface area contributed by atoms with Gasteiger partial charge in [-0.15, -0.1) is 0 Å². The molecule has 0 nitrogen and oxygen atoms in total. The maximum Gasteiger partial charge on any atom is -0.0346 e. The average Bonchev–Trinajstić information content (AvgIpc) is 2.00. The molecule has 0 aromatic rings. The topological polar surface area (TPSA) is 0 Å². The SMILES string of the molecule is C/C=C(C)/C(C)=C(\C)CC. The molecule has 0 heterocycles. The molecule has 0 aliphatic carbocycles. The fraction of sp³-hybridized carbons (Fsp3) is 0.600. The molecule has 10 heavy (non-hydrogen) atoms. The summed E-state index contributed by atoms with van der Waals surface area (Å²) in [6.45, 7) is 10.8. The number of hydrogen-bond donors (Lipinski definition) is 0. The van der Waals surface area contributed by atoms with Crippen molar-refractivity contribution in [2.24, 2.45) is 0 Å². The van der Waals surface area contributed by atoms with Gasteiger partial charge in [0.2, 0.25) is 0 Å². The largest absolute Gasteiger partial charge is 0.0845 e. The van der Waals surface area contributed by atoms with Crippen LogP contribution < -0.4 is 0 Å². The molecule has 0 aromatic carbocycles. The normalized spacial score (nSPS) is 15.1. The summed E-state index contributed by atoms with van der Waals surface area (Å²) in [5.74, 6) is 0. The molecule has 0 saturated heterocycles. The average molecular weight is 138 g/mol. The Hall–Kier alpha value is -0.520. The van der Waals surface area contributed by atoms with Crippen molar-refractivity contribution in [2.45, 2.75) is 41.0 Å². The van der Waals surface area contributed by atoms with E-state index in [2.05, 4.69) is 40.7 Å². The van der Waals surface area contributed by atoms with Crippen LogP contribution in [0.2, 0.25) is 0 Å². The number of rotatable bonds is 2. The third kappa shape index (κ3) is 2.38. The molecule has 0 spiro atoms. The van der Waals surface area contributed by atoms with Gasteiger partial charge >= 0.3 is 0 Å². The van der Waals surface area contributed by atoms with Crippen LogP contribution in [-0.2, 0) is 0 Å². The van der Waals surface area contributed by atoms with Gasteiger partial charge in [-0.2, -0.15) is 0 Å². The highest BCUT2D eigenvalue weighted by Crippen LogP contribution is 2.15. The molecule has 0 radical (unpaired) electrons. The quantitative estimate of drug-likeness (QED) is 0.510. The Morgan fingerprint density at radius 1 is 1.20 bits per heavy atom. The van der Waals surface area contributed by atoms with Crippen molar-refractivity contribution < 1.29 is 0 Å². The van der Waals surface area contributed by atoms with E-state index in [1.165, 1.54) is 16.7 Å². The van der Waals surface area contributed by atoms with Crippen molar-refractivity contribution in [1.29, 1.82) is 0 Å². The van der Waals surface area contributed by atoms with E-state index in [1.807, 2.05) is 0 Å². The third-order valence-corrected chi connectivity index (χ3v) is 2.20. The molecule has 0 heteroatoms. The van der Waals surface area contributed by atoms with Crippen LogP contribution in [0.5, 0.6) is 0 Å². The highest BCUT2D eigenvalue weighted by molar-refractivity contribution is 5.30. The van der Waals surface area contributed by atoms with Gasteiger partial charge in [-0.25, -0.2) is 0 Å². The van der Waals surface area contributed by atoms with Crippen LogP contribution in [0.15, 0.2) is 22.8 Å². The lowest BCUT2D eigenvalue weighted by Crippen LogP contribution is -1.84. The molecule has 0 unspecified atom stereocenters. The van der Waals surface area contributed by atoms with E-state index in [0.29, 0.717) is 0 Å². The van der Waals surface area contributed by atoms with Crippen LogP contribution in [0.3, 0.4) is 0 Å². The smallest absolute Gasteiger partial charge is 0.0346 e. The van der Waals surface area contributed by atoms with Crippen molar-refractivity contribution >= 4 is 0 Å². The summed E-state index contributed by atoms with van der Waals surface area (Å²) in [6, 6.07) is 0. The lowest BCUT2D eigenvalue weighted by Gasteiger charge is -2.04. The summed E-state index contributed by atoms with van der Waals surface area (Å²) in [6.07, 6.45) is 3.32. The van der Waals surface area contributed by atoms with Gasteiger partial charge < -0.3 is 0 Å². The fourth-order valence-corrected chi connectivity index (χ4v) is 0.818. The predicted molar refractivity (Wildman–Crippen MR) is 48.1 cm³/mol. The van der Waals surface area contributed by atoms with Crippen molar-refractivity contribution in [3.63, 3.8) is 0 Å². The van der Waals surface area contributed by atoms with Crippen LogP contribution >= 0.6 is 0 Å². The Kier molecular flexibility index (Phi) is 4.10. The van der Waals surface area contributed by atoms with Gasteiger partial charge in [-0.05, 0) is 39.7 Å². The maximum atomic E-state index is 2.20. The van der Waals surface area contributed by atoms with Crippen molar-refractivity contribution in [3.8, 4) is 0 Å². The van der Waals surface area contributed by atoms with Gasteiger partial charge in [0.25, 0.3) is 0 Å². The van der Waals surface area contributed by atoms with Crippen LogP contribution in [0.4, 0.5) is 0 Å². The lowest BCUT2D eigenvalue weighted by molar-refractivity contribution is 1.05. The first-order valence-electron chi connectivity index (χ1n) is 3.93. The summed E-state index contributed by atoms with van der Waals surface area (Å²) in [5.41, 5.74) is 4.35. The van der Waals surface area contributed by atoms with Gasteiger partial charge in [0.05, 0.1) is 0 Å². The Morgan fingerprint density at radius 2 is 1.70 bits per heavy atom. The molecule has 0 N–H and O–H groups in total. The first-order chi connectivity index (χ1) is 4.63. The van der Waals surface area contributed by atoms with Gasteiger partial charge in [0.15, 0.2) is 0 Å². The summed E-state index contributed by atoms with van der Waals surface area (Å²) in [4.78, 5) is 0.